The van der Waals surface area contributed by atoms with Gasteiger partial charge in [-0.1, -0.05) is 52.5 Å². The SMILES string of the molecule is O=C(c1ccc(Cl)c(Cl)c1)C1CNCCC1(O)CCc1ccc(Cl)c(Cl)c1. The maximum absolute atomic E-state index is 13.0. The van der Waals surface area contributed by atoms with Gasteiger partial charge in [-0.15, -0.1) is 0 Å². The number of rotatable bonds is 5. The second-order valence-electron chi connectivity index (χ2n) is 6.85. The molecule has 2 aromatic carbocycles. The molecule has 2 unspecified atom stereocenters. The second-order valence-corrected chi connectivity index (χ2v) is 8.48. The summed E-state index contributed by atoms with van der Waals surface area (Å²) in [5.74, 6) is -0.705. The minimum Gasteiger partial charge on any atom is -0.389 e. The number of ketones is 1. The minimum atomic E-state index is -1.11. The van der Waals surface area contributed by atoms with Crippen LogP contribution < -0.4 is 5.32 Å². The zero-order valence-corrected chi connectivity index (χ0v) is 17.5. The van der Waals surface area contributed by atoms with Crippen molar-refractivity contribution in [2.24, 2.45) is 5.92 Å². The highest BCUT2D eigenvalue weighted by atomic mass is 35.5. The molecule has 0 spiro atoms. The van der Waals surface area contributed by atoms with Crippen LogP contribution in [-0.2, 0) is 6.42 Å². The van der Waals surface area contributed by atoms with Gasteiger partial charge in [0, 0.05) is 12.1 Å². The van der Waals surface area contributed by atoms with Gasteiger partial charge in [0.15, 0.2) is 5.78 Å². The number of carbonyl (C=O) groups excluding carboxylic acids is 1. The van der Waals surface area contributed by atoms with E-state index in [2.05, 4.69) is 5.32 Å². The molecule has 0 aliphatic carbocycles. The summed E-state index contributed by atoms with van der Waals surface area (Å²) in [6.45, 7) is 1.07. The summed E-state index contributed by atoms with van der Waals surface area (Å²) in [6.07, 6.45) is 1.54. The molecule has 2 N–H and O–H groups in total. The molecule has 1 fully saturated rings. The summed E-state index contributed by atoms with van der Waals surface area (Å²) in [5, 5.41) is 16.2. The lowest BCUT2D eigenvalue weighted by Crippen LogP contribution is -2.53. The summed E-state index contributed by atoms with van der Waals surface area (Å²) in [7, 11) is 0. The molecule has 0 radical (unpaired) electrons. The lowest BCUT2D eigenvalue weighted by Gasteiger charge is -2.39. The zero-order chi connectivity index (χ0) is 19.6. The first-order valence-electron chi connectivity index (χ1n) is 8.66. The van der Waals surface area contributed by atoms with E-state index in [1.807, 2.05) is 6.07 Å². The highest BCUT2D eigenvalue weighted by Crippen LogP contribution is 2.34. The number of hydrogen-bond donors (Lipinski definition) is 2. The molecule has 1 saturated heterocycles. The molecule has 0 aromatic heterocycles. The van der Waals surface area contributed by atoms with Crippen LogP contribution in [0, 0.1) is 5.92 Å². The van der Waals surface area contributed by atoms with Crippen LogP contribution in [0.1, 0.15) is 28.8 Å². The van der Waals surface area contributed by atoms with Crippen molar-refractivity contribution in [3.63, 3.8) is 0 Å². The molecule has 3 rings (SSSR count). The van der Waals surface area contributed by atoms with Gasteiger partial charge in [-0.2, -0.15) is 0 Å². The van der Waals surface area contributed by atoms with Gasteiger partial charge >= 0.3 is 0 Å². The molecule has 3 nitrogen and oxygen atoms in total. The van der Waals surface area contributed by atoms with Gasteiger partial charge in [0.2, 0.25) is 0 Å². The number of aryl methyl sites for hydroxylation is 1. The molecule has 0 bridgehead atoms. The van der Waals surface area contributed by atoms with Crippen LogP contribution in [0.15, 0.2) is 36.4 Å². The number of aliphatic hydroxyl groups is 1. The Hall–Kier alpha value is -0.810. The topological polar surface area (TPSA) is 49.3 Å². The average molecular weight is 447 g/mol. The van der Waals surface area contributed by atoms with Crippen LogP contribution in [0.5, 0.6) is 0 Å². The molecule has 0 amide bonds. The van der Waals surface area contributed by atoms with Crippen molar-refractivity contribution in [3.8, 4) is 0 Å². The van der Waals surface area contributed by atoms with Crippen molar-refractivity contribution in [1.29, 1.82) is 0 Å². The lowest BCUT2D eigenvalue weighted by molar-refractivity contribution is -0.0358. The molecular formula is C20H19Cl4NO2. The Bertz CT molecular complexity index is 858. The van der Waals surface area contributed by atoms with Gasteiger partial charge in [-0.3, -0.25) is 4.79 Å². The molecular weight excluding hydrogens is 428 g/mol. The summed E-state index contributed by atoms with van der Waals surface area (Å²) in [4.78, 5) is 13.0. The number of benzene rings is 2. The Labute approximate surface area is 178 Å². The number of carbonyl (C=O) groups is 1. The van der Waals surface area contributed by atoms with Gasteiger partial charge in [-0.25, -0.2) is 0 Å². The highest BCUT2D eigenvalue weighted by molar-refractivity contribution is 6.42. The summed E-state index contributed by atoms with van der Waals surface area (Å²) in [6, 6.07) is 10.2. The number of halogens is 4. The van der Waals surface area contributed by atoms with E-state index in [0.29, 0.717) is 58.0 Å². The third kappa shape index (κ3) is 4.79. The van der Waals surface area contributed by atoms with Crippen molar-refractivity contribution in [2.45, 2.75) is 24.9 Å². The maximum Gasteiger partial charge on any atom is 0.170 e. The Kier molecular flexibility index (Phi) is 6.73. The van der Waals surface area contributed by atoms with E-state index in [-0.39, 0.29) is 5.78 Å². The average Bonchev–Trinajstić information content (AvgIpc) is 2.65. The van der Waals surface area contributed by atoms with E-state index in [4.69, 9.17) is 46.4 Å². The van der Waals surface area contributed by atoms with E-state index < -0.39 is 11.5 Å². The molecule has 7 heteroatoms. The van der Waals surface area contributed by atoms with E-state index >= 15 is 0 Å². The molecule has 1 heterocycles. The molecule has 2 aromatic rings. The Morgan fingerprint density at radius 2 is 1.70 bits per heavy atom. The standard InChI is InChI=1S/C20H19Cl4NO2/c21-15-3-1-12(9-17(15)23)5-6-20(27)7-8-25-11-14(20)19(26)13-2-4-16(22)18(24)10-13/h1-4,9-10,14,25,27H,5-8,11H2. The molecule has 1 aliphatic heterocycles. The lowest BCUT2D eigenvalue weighted by atomic mass is 9.74. The first-order chi connectivity index (χ1) is 12.8. The van der Waals surface area contributed by atoms with E-state index in [1.165, 1.54) is 0 Å². The molecule has 1 aliphatic rings. The van der Waals surface area contributed by atoms with Crippen LogP contribution in [0.25, 0.3) is 0 Å². The Morgan fingerprint density at radius 3 is 2.37 bits per heavy atom. The van der Waals surface area contributed by atoms with Crippen molar-refractivity contribution >= 4 is 52.2 Å². The van der Waals surface area contributed by atoms with E-state index in [0.717, 1.165) is 5.56 Å². The van der Waals surface area contributed by atoms with Crippen LogP contribution in [0.2, 0.25) is 20.1 Å². The fourth-order valence-electron chi connectivity index (χ4n) is 3.46. The highest BCUT2D eigenvalue weighted by Gasteiger charge is 2.43. The molecule has 144 valence electrons. The van der Waals surface area contributed by atoms with Crippen molar-refractivity contribution in [2.75, 3.05) is 13.1 Å². The van der Waals surface area contributed by atoms with Gasteiger partial charge in [-0.05, 0) is 61.7 Å². The van der Waals surface area contributed by atoms with Crippen molar-refractivity contribution in [1.82, 2.24) is 5.32 Å². The fourth-order valence-corrected chi connectivity index (χ4v) is 4.08. The fraction of sp³-hybridized carbons (Fsp3) is 0.350. The third-order valence-corrected chi connectivity index (χ3v) is 6.56. The van der Waals surface area contributed by atoms with Gasteiger partial charge < -0.3 is 10.4 Å². The number of piperidine rings is 1. The first kappa shape index (κ1) is 20.9. The number of nitrogens with one attached hydrogen (secondary N) is 1. The largest absolute Gasteiger partial charge is 0.389 e. The molecule has 27 heavy (non-hydrogen) atoms. The third-order valence-electron chi connectivity index (χ3n) is 5.08. The predicted molar refractivity (Wildman–Crippen MR) is 112 cm³/mol. The summed E-state index contributed by atoms with van der Waals surface area (Å²) in [5.41, 5.74) is 0.309. The zero-order valence-electron chi connectivity index (χ0n) is 14.4. The van der Waals surface area contributed by atoms with Crippen LogP contribution in [-0.4, -0.2) is 29.6 Å². The minimum absolute atomic E-state index is 0.141. The quantitative estimate of drug-likeness (QED) is 0.599. The summed E-state index contributed by atoms with van der Waals surface area (Å²) >= 11 is 24.0. The smallest absolute Gasteiger partial charge is 0.170 e. The number of hydrogen-bond acceptors (Lipinski definition) is 3. The van der Waals surface area contributed by atoms with Crippen molar-refractivity contribution in [3.05, 3.63) is 67.6 Å². The second kappa shape index (κ2) is 8.69. The van der Waals surface area contributed by atoms with Gasteiger partial charge in [0.1, 0.15) is 0 Å². The molecule has 0 saturated carbocycles. The van der Waals surface area contributed by atoms with Crippen molar-refractivity contribution < 1.29 is 9.90 Å². The molecule has 2 atom stereocenters. The predicted octanol–water partition coefficient (Wildman–Crippen LogP) is 5.46. The number of Topliss-reactive ketones (excluding diaryl/α,β-unsaturated/α-hetero) is 1. The maximum atomic E-state index is 13.0. The summed E-state index contributed by atoms with van der Waals surface area (Å²) < 4.78 is 0. The van der Waals surface area contributed by atoms with E-state index in [9.17, 15) is 9.90 Å². The Morgan fingerprint density at radius 1 is 1.04 bits per heavy atom. The van der Waals surface area contributed by atoms with Crippen LogP contribution >= 0.6 is 46.4 Å². The van der Waals surface area contributed by atoms with Crippen LogP contribution in [0.4, 0.5) is 0 Å². The Balaban J connectivity index is 1.79. The van der Waals surface area contributed by atoms with Crippen LogP contribution in [0.3, 0.4) is 0 Å². The first-order valence-corrected chi connectivity index (χ1v) is 10.2. The van der Waals surface area contributed by atoms with Gasteiger partial charge in [0.25, 0.3) is 0 Å². The van der Waals surface area contributed by atoms with Gasteiger partial charge in [0.05, 0.1) is 31.6 Å². The van der Waals surface area contributed by atoms with E-state index in [1.54, 1.807) is 30.3 Å². The normalized spacial score (nSPS) is 22.6. The monoisotopic (exact) mass is 445 g/mol.